The van der Waals surface area contributed by atoms with Gasteiger partial charge in [0.25, 0.3) is 0 Å². The standard InChI is InChI=1S/C17H13FN6OS/c1-25-14-6-5-12(8-13(14)18)24-10-11(9-20-24)16-22-17(26-23-16)21-15-4-2-3-7-19-15/h2-10H,1H3,(H,19,21,22,23). The summed E-state index contributed by atoms with van der Waals surface area (Å²) in [5, 5.41) is 7.98. The fraction of sp³-hybridized carbons (Fsp3) is 0.0588. The molecule has 1 N–H and O–H groups in total. The molecule has 0 unspecified atom stereocenters. The molecule has 3 aromatic heterocycles. The summed E-state index contributed by atoms with van der Waals surface area (Å²) in [7, 11) is 1.43. The van der Waals surface area contributed by atoms with Crippen molar-refractivity contribution in [3.05, 3.63) is 60.8 Å². The van der Waals surface area contributed by atoms with E-state index in [1.165, 1.54) is 24.7 Å². The monoisotopic (exact) mass is 368 g/mol. The number of ether oxygens (including phenoxy) is 1. The first-order valence-electron chi connectivity index (χ1n) is 7.63. The zero-order chi connectivity index (χ0) is 17.9. The normalized spacial score (nSPS) is 10.7. The Kier molecular flexibility index (Phi) is 4.28. The lowest BCUT2D eigenvalue weighted by atomic mass is 10.3. The summed E-state index contributed by atoms with van der Waals surface area (Å²) in [5.74, 6) is 0.969. The van der Waals surface area contributed by atoms with E-state index in [4.69, 9.17) is 4.74 Å². The maximum absolute atomic E-state index is 13.9. The minimum atomic E-state index is -0.448. The second-order valence-corrected chi connectivity index (χ2v) is 6.01. The summed E-state index contributed by atoms with van der Waals surface area (Å²) in [6, 6.07) is 10.2. The molecule has 9 heteroatoms. The van der Waals surface area contributed by atoms with Gasteiger partial charge in [0.2, 0.25) is 5.13 Å². The Labute approximate surface area is 152 Å². The Morgan fingerprint density at radius 1 is 1.23 bits per heavy atom. The molecule has 7 nitrogen and oxygen atoms in total. The fourth-order valence-corrected chi connectivity index (χ4v) is 2.91. The summed E-state index contributed by atoms with van der Waals surface area (Å²) in [4.78, 5) is 8.62. The van der Waals surface area contributed by atoms with E-state index < -0.39 is 5.82 Å². The average Bonchev–Trinajstić information content (AvgIpc) is 3.32. The second-order valence-electron chi connectivity index (χ2n) is 5.26. The van der Waals surface area contributed by atoms with Crippen molar-refractivity contribution in [2.24, 2.45) is 0 Å². The molecule has 0 fully saturated rings. The maximum Gasteiger partial charge on any atom is 0.208 e. The van der Waals surface area contributed by atoms with E-state index in [9.17, 15) is 4.39 Å². The third-order valence-electron chi connectivity index (χ3n) is 3.57. The van der Waals surface area contributed by atoms with E-state index in [1.807, 2.05) is 18.2 Å². The van der Waals surface area contributed by atoms with Crippen LogP contribution >= 0.6 is 11.5 Å². The van der Waals surface area contributed by atoms with Crippen LogP contribution in [0.1, 0.15) is 0 Å². The molecule has 0 atom stereocenters. The van der Waals surface area contributed by atoms with Crippen molar-refractivity contribution < 1.29 is 9.13 Å². The first kappa shape index (κ1) is 16.2. The molecule has 0 saturated carbocycles. The van der Waals surface area contributed by atoms with Crippen molar-refractivity contribution in [1.82, 2.24) is 24.1 Å². The van der Waals surface area contributed by atoms with Crippen LogP contribution in [0.4, 0.5) is 15.3 Å². The van der Waals surface area contributed by atoms with Gasteiger partial charge in [-0.3, -0.25) is 0 Å². The van der Waals surface area contributed by atoms with E-state index in [-0.39, 0.29) is 5.75 Å². The summed E-state index contributed by atoms with van der Waals surface area (Å²) >= 11 is 1.23. The summed E-state index contributed by atoms with van der Waals surface area (Å²) < 4.78 is 24.7. The molecule has 0 aliphatic rings. The number of hydrogen-bond donors (Lipinski definition) is 1. The molecule has 130 valence electrons. The zero-order valence-corrected chi connectivity index (χ0v) is 14.4. The number of nitrogens with one attached hydrogen (secondary N) is 1. The zero-order valence-electron chi connectivity index (χ0n) is 13.6. The molecule has 0 bridgehead atoms. The summed E-state index contributed by atoms with van der Waals surface area (Å²) in [6.45, 7) is 0. The van der Waals surface area contributed by atoms with Gasteiger partial charge in [0.05, 0.1) is 24.6 Å². The Balaban J connectivity index is 1.56. The van der Waals surface area contributed by atoms with E-state index in [2.05, 4.69) is 24.8 Å². The highest BCUT2D eigenvalue weighted by Crippen LogP contribution is 2.25. The SMILES string of the molecule is COc1ccc(-n2cc(-c3nsc(Nc4ccccn4)n3)cn2)cc1F. The van der Waals surface area contributed by atoms with Gasteiger partial charge in [0, 0.05) is 30.0 Å². The van der Waals surface area contributed by atoms with Crippen molar-refractivity contribution in [1.29, 1.82) is 0 Å². The molecule has 0 aliphatic carbocycles. The highest BCUT2D eigenvalue weighted by molar-refractivity contribution is 7.09. The first-order chi connectivity index (χ1) is 12.7. The van der Waals surface area contributed by atoms with Crippen molar-refractivity contribution >= 4 is 22.5 Å². The molecule has 0 spiro atoms. The van der Waals surface area contributed by atoms with Gasteiger partial charge in [-0.05, 0) is 24.3 Å². The number of benzene rings is 1. The average molecular weight is 368 g/mol. The van der Waals surface area contributed by atoms with E-state index in [0.29, 0.717) is 22.5 Å². The van der Waals surface area contributed by atoms with Crippen molar-refractivity contribution in [2.75, 3.05) is 12.4 Å². The van der Waals surface area contributed by atoms with Crippen LogP contribution < -0.4 is 10.1 Å². The van der Waals surface area contributed by atoms with Gasteiger partial charge in [0.15, 0.2) is 17.4 Å². The minimum absolute atomic E-state index is 0.188. The molecular weight excluding hydrogens is 355 g/mol. The molecule has 0 amide bonds. The van der Waals surface area contributed by atoms with Crippen LogP contribution in [-0.2, 0) is 0 Å². The second kappa shape index (κ2) is 6.89. The van der Waals surface area contributed by atoms with Crippen LogP contribution in [0.3, 0.4) is 0 Å². The van der Waals surface area contributed by atoms with Crippen LogP contribution in [-0.4, -0.2) is 31.2 Å². The van der Waals surface area contributed by atoms with E-state index in [0.717, 1.165) is 5.56 Å². The number of nitrogens with zero attached hydrogens (tertiary/aromatic N) is 5. The molecule has 26 heavy (non-hydrogen) atoms. The third kappa shape index (κ3) is 3.24. The van der Waals surface area contributed by atoms with Crippen molar-refractivity contribution in [2.45, 2.75) is 0 Å². The van der Waals surface area contributed by atoms with Crippen LogP contribution in [0.2, 0.25) is 0 Å². The van der Waals surface area contributed by atoms with Gasteiger partial charge < -0.3 is 10.1 Å². The molecule has 0 saturated heterocycles. The number of hydrogen-bond acceptors (Lipinski definition) is 7. The topological polar surface area (TPSA) is 77.8 Å². The maximum atomic E-state index is 13.9. The lowest BCUT2D eigenvalue weighted by Gasteiger charge is -2.04. The molecule has 4 aromatic rings. The lowest BCUT2D eigenvalue weighted by Crippen LogP contribution is -1.96. The van der Waals surface area contributed by atoms with E-state index >= 15 is 0 Å². The first-order valence-corrected chi connectivity index (χ1v) is 8.41. The van der Waals surface area contributed by atoms with Crippen molar-refractivity contribution in [3.8, 4) is 22.8 Å². The molecule has 1 aromatic carbocycles. The van der Waals surface area contributed by atoms with Gasteiger partial charge in [0.1, 0.15) is 5.82 Å². The smallest absolute Gasteiger partial charge is 0.208 e. The summed E-state index contributed by atoms with van der Waals surface area (Å²) in [6.07, 6.45) is 5.07. The highest BCUT2D eigenvalue weighted by atomic mass is 32.1. The number of pyridine rings is 1. The number of halogens is 1. The number of aromatic nitrogens is 5. The van der Waals surface area contributed by atoms with Gasteiger partial charge >= 0.3 is 0 Å². The van der Waals surface area contributed by atoms with Crippen molar-refractivity contribution in [3.63, 3.8) is 0 Å². The summed E-state index contributed by atoms with van der Waals surface area (Å²) in [5.41, 5.74) is 1.31. The van der Waals surface area contributed by atoms with E-state index in [1.54, 1.807) is 35.4 Å². The van der Waals surface area contributed by atoms with Gasteiger partial charge in [-0.2, -0.15) is 14.5 Å². The van der Waals surface area contributed by atoms with Crippen LogP contribution in [0.15, 0.2) is 55.0 Å². The van der Waals surface area contributed by atoms with Crippen LogP contribution in [0.25, 0.3) is 17.1 Å². The number of methoxy groups -OCH3 is 1. The van der Waals surface area contributed by atoms with Crippen LogP contribution in [0.5, 0.6) is 5.75 Å². The number of rotatable bonds is 5. The Morgan fingerprint density at radius 3 is 2.92 bits per heavy atom. The van der Waals surface area contributed by atoms with Gasteiger partial charge in [-0.1, -0.05) is 6.07 Å². The molecule has 3 heterocycles. The fourth-order valence-electron chi connectivity index (χ4n) is 2.32. The molecular formula is C17H13FN6OS. The predicted molar refractivity (Wildman–Crippen MR) is 96.5 cm³/mol. The quantitative estimate of drug-likeness (QED) is 0.579. The lowest BCUT2D eigenvalue weighted by molar-refractivity contribution is 0.386. The highest BCUT2D eigenvalue weighted by Gasteiger charge is 2.11. The minimum Gasteiger partial charge on any atom is -0.494 e. The third-order valence-corrected chi connectivity index (χ3v) is 4.20. The molecule has 4 rings (SSSR count). The molecule has 0 aliphatic heterocycles. The predicted octanol–water partition coefficient (Wildman–Crippen LogP) is 3.68. The number of anilines is 2. The Morgan fingerprint density at radius 2 is 2.15 bits per heavy atom. The van der Waals surface area contributed by atoms with Gasteiger partial charge in [-0.25, -0.2) is 14.1 Å². The molecule has 0 radical (unpaired) electrons. The Hall–Kier alpha value is -3.33. The largest absolute Gasteiger partial charge is 0.494 e. The van der Waals surface area contributed by atoms with Crippen LogP contribution in [0, 0.1) is 5.82 Å². The Bertz CT molecular complexity index is 1030. The van der Waals surface area contributed by atoms with Gasteiger partial charge in [-0.15, -0.1) is 0 Å².